The Bertz CT molecular complexity index is 4460. The standard InChI is InChI=1S/C40H46N4O7S2.C36H39N3O6S/c1-5-27-23-52-36(41-27)32-19-34(30-13-11-25(22-45)24(2)35(30)42-32)51-28-12-14-29-31(18-28)33(46)21-40(38(48)43-53(49,50)39(3)15-16-39)20-26(40)10-8-6-7-9-17-44(4)37(29)47;1-4-24-20-46-33(37-24)29-16-31(27-12-10-22(19-40)21(2)32(27)38-29)45-25-11-13-26-28(15-25)30(41)18-36(35(43)44)17-23(36)9-7-5-6-8-14-39(3)34(26)42/h1,8,10-11,13,19,23,26,28-29,31,45H,6-7,9,12,14-18,20-22H2,2-4H3,(H,43,48);1,7,9-10,12,16,20,23,25-26,28,40H,5-6,8,11,13-15,17-19H2,2-3H3,(H,43,44)/b10-8-;9-7-/t26-,28+,29-,31-,40-;23-,25+,26-,28-,36-/m11/s1. The van der Waals surface area contributed by atoms with Crippen LogP contribution in [0.4, 0.5) is 0 Å². The zero-order valence-corrected chi connectivity index (χ0v) is 59.0. The topological polar surface area (TPSA) is 286 Å². The maximum Gasteiger partial charge on any atom is 0.310 e. The molecule has 0 radical (unpaired) electrons. The molecule has 5 fully saturated rings. The van der Waals surface area contributed by atoms with Crippen molar-refractivity contribution >= 4 is 89.8 Å². The van der Waals surface area contributed by atoms with Crippen molar-refractivity contribution in [3.8, 4) is 57.6 Å². The van der Waals surface area contributed by atoms with Crippen molar-refractivity contribution in [3.63, 3.8) is 0 Å². The second-order valence-electron chi connectivity index (χ2n) is 28.5. The van der Waals surface area contributed by atoms with E-state index in [-0.39, 0.29) is 73.8 Å². The first-order chi connectivity index (χ1) is 47.4. The van der Waals surface area contributed by atoms with Gasteiger partial charge in [0.05, 0.1) is 52.0 Å². The van der Waals surface area contributed by atoms with Crippen molar-refractivity contribution in [3.05, 3.63) is 105 Å². The van der Waals surface area contributed by atoms with Gasteiger partial charge in [0.15, 0.2) is 0 Å². The lowest BCUT2D eigenvalue weighted by Gasteiger charge is -2.37. The van der Waals surface area contributed by atoms with Gasteiger partial charge in [0.1, 0.15) is 55.9 Å². The van der Waals surface area contributed by atoms with Crippen LogP contribution in [0.2, 0.25) is 0 Å². The summed E-state index contributed by atoms with van der Waals surface area (Å²) in [6, 6.07) is 11.1. The molecule has 4 N–H and O–H groups in total. The fraction of sp³-hybridized carbons (Fsp3) is 0.500. The fourth-order valence-corrected chi connectivity index (χ4v) is 17.9. The number of carboxylic acids is 1. The van der Waals surface area contributed by atoms with Gasteiger partial charge < -0.3 is 34.6 Å². The van der Waals surface area contributed by atoms with E-state index >= 15 is 0 Å². The number of rotatable bonds is 12. The molecule has 0 saturated heterocycles. The number of benzene rings is 2. The Morgan fingerprint density at radius 1 is 0.657 bits per heavy atom. The summed E-state index contributed by atoms with van der Waals surface area (Å²) in [7, 11) is -0.333. The van der Waals surface area contributed by atoms with E-state index in [1.165, 1.54) is 22.7 Å². The van der Waals surface area contributed by atoms with E-state index in [4.69, 9.17) is 32.3 Å². The van der Waals surface area contributed by atoms with E-state index in [1.54, 1.807) is 41.6 Å². The predicted molar refractivity (Wildman–Crippen MR) is 377 cm³/mol. The molecule has 13 rings (SSSR count). The van der Waals surface area contributed by atoms with Crippen molar-refractivity contribution in [2.24, 2.45) is 46.3 Å². The number of hydrogen-bond acceptors (Lipinski definition) is 18. The van der Waals surface area contributed by atoms with E-state index in [1.807, 2.05) is 74.5 Å². The third-order valence-electron chi connectivity index (χ3n) is 22.0. The summed E-state index contributed by atoms with van der Waals surface area (Å²) in [6.45, 7) is 6.34. The lowest BCUT2D eigenvalue weighted by molar-refractivity contribution is -0.148. The Morgan fingerprint density at radius 3 is 1.53 bits per heavy atom. The van der Waals surface area contributed by atoms with Crippen LogP contribution in [0.3, 0.4) is 0 Å². The number of hydrogen-bond donors (Lipinski definition) is 4. The minimum Gasteiger partial charge on any atom is -0.490 e. The normalized spacial score (nSPS) is 27.8. The molecule has 4 aromatic heterocycles. The summed E-state index contributed by atoms with van der Waals surface area (Å²) in [5.74, 6) is 1.16. The Hall–Kier alpha value is -8.19. The molecule has 5 aliphatic carbocycles. The van der Waals surface area contributed by atoms with E-state index in [2.05, 4.69) is 26.5 Å². The van der Waals surface area contributed by atoms with Crippen molar-refractivity contribution in [1.82, 2.24) is 34.5 Å². The Kier molecular flexibility index (Phi) is 20.6. The maximum absolute atomic E-state index is 14.6. The Balaban J connectivity index is 0.000000190. The van der Waals surface area contributed by atoms with Crippen molar-refractivity contribution < 1.29 is 62.0 Å². The van der Waals surface area contributed by atoms with Crippen LogP contribution in [0, 0.1) is 84.9 Å². The summed E-state index contributed by atoms with van der Waals surface area (Å²) in [5.41, 5.74) is 4.30. The number of amides is 3. The van der Waals surface area contributed by atoms with Crippen LogP contribution >= 0.6 is 22.7 Å². The van der Waals surface area contributed by atoms with E-state index in [0.29, 0.717) is 126 Å². The second-order valence-corrected chi connectivity index (χ2v) is 32.4. The molecule has 2 aromatic carbocycles. The number of Topliss-reactive ketones (excluding diaryl/α,β-unsaturated/α-hetero) is 2. The van der Waals surface area contributed by atoms with Crippen LogP contribution in [0.15, 0.2) is 71.5 Å². The monoisotopic (exact) mass is 1400 g/mol. The SMILES string of the molecule is C#Cc1csc(-c2cc(O[C@H]3CC[C@H]4C(=O)N(C)CCCC/C=C\[C@@H]5C[C@@]5(C(=O)NS(=O)(=O)C5(C)CC5)CC(=O)[C@@H]4C3)c3ccc(CO)c(C)c3n2)n1.C#Cc1csc(-c2cc(O[C@H]3CC[C@H]4C(=O)N(C)CCCC/C=C\[C@@H]5C[C@@]5(C(=O)O)CC(=O)[C@@H]4C3)c3ccc(CO)c(C)c3n2)n1. The molecule has 0 spiro atoms. The first kappa shape index (κ1) is 70.7. The average molecular weight is 1400 g/mol. The molecule has 0 bridgehead atoms. The third kappa shape index (κ3) is 14.5. The van der Waals surface area contributed by atoms with E-state index < -0.39 is 67.3 Å². The van der Waals surface area contributed by atoms with Gasteiger partial charge in [-0.3, -0.25) is 33.5 Å². The highest BCUT2D eigenvalue weighted by Gasteiger charge is 2.63. The minimum atomic E-state index is -3.91. The van der Waals surface area contributed by atoms with Gasteiger partial charge in [-0.1, -0.05) is 36.4 Å². The summed E-state index contributed by atoms with van der Waals surface area (Å²) < 4.78 is 41.1. The molecule has 5 saturated carbocycles. The van der Waals surface area contributed by atoms with Gasteiger partial charge in [0.2, 0.25) is 27.7 Å². The molecule has 3 amide bonds. The van der Waals surface area contributed by atoms with Gasteiger partial charge in [-0.15, -0.1) is 35.5 Å². The number of terminal acetylenes is 2. The smallest absolute Gasteiger partial charge is 0.310 e. The van der Waals surface area contributed by atoms with E-state index in [9.17, 15) is 52.5 Å². The van der Waals surface area contributed by atoms with Gasteiger partial charge in [0, 0.05) is 97.4 Å². The molecule has 20 nitrogen and oxygen atoms in total. The number of aliphatic hydroxyl groups excluding tert-OH is 2. The predicted octanol–water partition coefficient (Wildman–Crippen LogP) is 11.0. The molecule has 2 aliphatic heterocycles. The van der Waals surface area contributed by atoms with Gasteiger partial charge >= 0.3 is 5.97 Å². The number of aliphatic carboxylic acids is 1. The highest BCUT2D eigenvalue weighted by Crippen LogP contribution is 2.59. The third-order valence-corrected chi connectivity index (χ3v) is 25.9. The molecule has 10 atom stereocenters. The highest BCUT2D eigenvalue weighted by molar-refractivity contribution is 7.91. The molecule has 520 valence electrons. The number of sulfonamides is 1. The zero-order chi connectivity index (χ0) is 70.3. The number of carbonyl (C=O) groups is 6. The number of carboxylic acid groups (broad SMARTS) is 1. The Morgan fingerprint density at radius 2 is 1.10 bits per heavy atom. The van der Waals surface area contributed by atoms with E-state index in [0.717, 1.165) is 71.6 Å². The van der Waals surface area contributed by atoms with Gasteiger partial charge in [-0.05, 0) is 182 Å². The molecular formula is C76H85N7O13S3. The number of aliphatic hydroxyl groups is 2. The minimum absolute atomic E-state index is 0.0574. The fourth-order valence-electron chi connectivity index (χ4n) is 15.1. The van der Waals surface area contributed by atoms with Crippen LogP contribution in [0.25, 0.3) is 43.2 Å². The molecule has 7 aliphatic rings. The molecule has 0 unspecified atom stereocenters. The molecule has 6 aromatic rings. The number of carbonyl (C=O) groups excluding carboxylic acids is 5. The molecule has 6 heterocycles. The van der Waals surface area contributed by atoms with Crippen LogP contribution in [0.5, 0.6) is 11.5 Å². The Labute approximate surface area is 585 Å². The molecule has 23 heteroatoms. The number of nitrogens with zero attached hydrogens (tertiary/aromatic N) is 6. The maximum atomic E-state index is 14.6. The van der Waals surface area contributed by atoms with Crippen LogP contribution in [0.1, 0.15) is 156 Å². The van der Waals surface area contributed by atoms with Crippen molar-refractivity contribution in [1.29, 1.82) is 0 Å². The first-order valence-electron chi connectivity index (χ1n) is 34.4. The number of ether oxygens (including phenoxy) is 2. The quantitative estimate of drug-likeness (QED) is 0.0654. The van der Waals surface area contributed by atoms with Crippen LogP contribution in [-0.4, -0.2) is 133 Å². The molecular weight excluding hydrogens is 1320 g/mol. The summed E-state index contributed by atoms with van der Waals surface area (Å²) >= 11 is 2.75. The lowest BCUT2D eigenvalue weighted by Crippen LogP contribution is -2.47. The number of aromatic nitrogens is 4. The largest absolute Gasteiger partial charge is 0.490 e. The summed E-state index contributed by atoms with van der Waals surface area (Å²) in [4.78, 5) is 105. The summed E-state index contributed by atoms with van der Waals surface area (Å²) in [5, 5.41) is 36.4. The number of thiazole rings is 2. The van der Waals surface area contributed by atoms with Crippen molar-refractivity contribution in [2.45, 2.75) is 167 Å². The molecule has 99 heavy (non-hydrogen) atoms. The zero-order valence-electron chi connectivity index (χ0n) is 56.6. The average Bonchev–Trinajstić information content (AvgIpc) is 1.54. The number of allylic oxidation sites excluding steroid dienone is 4. The van der Waals surface area contributed by atoms with Crippen molar-refractivity contribution in [2.75, 3.05) is 27.2 Å². The van der Waals surface area contributed by atoms with Crippen LogP contribution < -0.4 is 14.2 Å². The van der Waals surface area contributed by atoms with Gasteiger partial charge in [0.25, 0.3) is 0 Å². The number of ketones is 2. The van der Waals surface area contributed by atoms with Crippen LogP contribution in [-0.2, 0) is 52.0 Å². The second kappa shape index (κ2) is 28.8. The van der Waals surface area contributed by atoms with Gasteiger partial charge in [-0.25, -0.2) is 28.4 Å². The first-order valence-corrected chi connectivity index (χ1v) is 37.6. The van der Waals surface area contributed by atoms with Gasteiger partial charge in [-0.2, -0.15) is 0 Å². The highest BCUT2D eigenvalue weighted by atomic mass is 32.2. The number of pyridine rings is 2. The number of nitrogens with one attached hydrogen (secondary N) is 1. The number of aryl methyl sites for hydroxylation is 2. The number of fused-ring (bicyclic) bond motifs is 6. The summed E-state index contributed by atoms with van der Waals surface area (Å²) in [6.07, 6.45) is 27.4. The lowest BCUT2D eigenvalue weighted by atomic mass is 9.72.